The van der Waals surface area contributed by atoms with Crippen LogP contribution in [-0.4, -0.2) is 24.9 Å². The van der Waals surface area contributed by atoms with Crippen molar-refractivity contribution in [3.05, 3.63) is 65.4 Å². The predicted octanol–water partition coefficient (Wildman–Crippen LogP) is 4.41. The van der Waals surface area contributed by atoms with Crippen molar-refractivity contribution in [3.63, 3.8) is 0 Å². The van der Waals surface area contributed by atoms with E-state index in [-0.39, 0.29) is 4.90 Å². The largest absolute Gasteiger partial charge is 0.370 e. The Hall–Kier alpha value is -2.84. The van der Waals surface area contributed by atoms with E-state index in [2.05, 4.69) is 25.3 Å². The summed E-state index contributed by atoms with van der Waals surface area (Å²) in [7, 11) is -3.71. The van der Waals surface area contributed by atoms with Crippen LogP contribution in [0.1, 0.15) is 12.7 Å². The van der Waals surface area contributed by atoms with E-state index in [0.717, 1.165) is 18.1 Å². The van der Waals surface area contributed by atoms with E-state index in [1.165, 1.54) is 12.1 Å². The molecule has 0 saturated heterocycles. The maximum atomic E-state index is 12.5. The van der Waals surface area contributed by atoms with E-state index >= 15 is 0 Å². The number of sulfonamides is 1. The quantitative estimate of drug-likeness (QED) is 0.526. The summed E-state index contributed by atoms with van der Waals surface area (Å²) in [5, 5.41) is 6.70. The Kier molecular flexibility index (Phi) is 6.01. The average Bonchev–Trinajstić information content (AvgIpc) is 2.63. The predicted molar refractivity (Wildman–Crippen MR) is 113 cm³/mol. The van der Waals surface area contributed by atoms with E-state index in [1.54, 1.807) is 36.4 Å². The first-order valence-electron chi connectivity index (χ1n) is 8.61. The van der Waals surface area contributed by atoms with Gasteiger partial charge in [-0.15, -0.1) is 0 Å². The number of halogens is 1. The first-order chi connectivity index (χ1) is 13.4. The van der Waals surface area contributed by atoms with Crippen molar-refractivity contribution in [2.45, 2.75) is 18.7 Å². The molecule has 0 aliphatic carbocycles. The van der Waals surface area contributed by atoms with Gasteiger partial charge < -0.3 is 10.6 Å². The fourth-order valence-electron chi connectivity index (χ4n) is 2.52. The zero-order valence-electron chi connectivity index (χ0n) is 15.4. The molecule has 0 atom stereocenters. The second-order valence-electron chi connectivity index (χ2n) is 5.98. The number of hydrogen-bond acceptors (Lipinski definition) is 6. The summed E-state index contributed by atoms with van der Waals surface area (Å²) in [5.41, 5.74) is 1.21. The number of benzene rings is 2. The number of anilines is 4. The smallest absolute Gasteiger partial charge is 0.261 e. The van der Waals surface area contributed by atoms with Crippen molar-refractivity contribution in [2.24, 2.45) is 0 Å². The molecule has 0 spiro atoms. The fraction of sp³-hybridized carbons (Fsp3) is 0.158. The molecule has 3 rings (SSSR count). The van der Waals surface area contributed by atoms with Gasteiger partial charge >= 0.3 is 0 Å². The number of hydrogen-bond donors (Lipinski definition) is 3. The number of nitrogens with one attached hydrogen (secondary N) is 3. The van der Waals surface area contributed by atoms with Gasteiger partial charge in [-0.3, -0.25) is 4.72 Å². The standard InChI is InChI=1S/C19H20ClN5O2S/c1-3-21-18-12-19(23-13(2)22-18)24-15-7-9-16(10-8-15)25-28(26,27)17-6-4-5-14(20)11-17/h4-12,25H,3H2,1-2H3,(H2,21,22,23,24). The van der Waals surface area contributed by atoms with Crippen LogP contribution in [0.25, 0.3) is 0 Å². The highest BCUT2D eigenvalue weighted by molar-refractivity contribution is 7.92. The number of aromatic nitrogens is 2. The minimum atomic E-state index is -3.71. The third-order valence-corrected chi connectivity index (χ3v) is 5.33. The maximum absolute atomic E-state index is 12.5. The van der Waals surface area contributed by atoms with Crippen molar-refractivity contribution in [3.8, 4) is 0 Å². The van der Waals surface area contributed by atoms with E-state index in [9.17, 15) is 8.42 Å². The number of nitrogens with zero attached hydrogens (tertiary/aromatic N) is 2. The highest BCUT2D eigenvalue weighted by Crippen LogP contribution is 2.22. The molecule has 0 radical (unpaired) electrons. The molecule has 146 valence electrons. The highest BCUT2D eigenvalue weighted by Gasteiger charge is 2.14. The molecule has 1 heterocycles. The summed E-state index contributed by atoms with van der Waals surface area (Å²) in [5.74, 6) is 2.03. The van der Waals surface area contributed by atoms with Gasteiger partial charge in [0.05, 0.1) is 4.90 Å². The molecule has 3 N–H and O–H groups in total. The molecule has 9 heteroatoms. The Balaban J connectivity index is 1.73. The molecule has 0 aliphatic heterocycles. The molecular formula is C19H20ClN5O2S. The van der Waals surface area contributed by atoms with Crippen LogP contribution in [0.15, 0.2) is 59.5 Å². The zero-order chi connectivity index (χ0) is 20.1. The van der Waals surface area contributed by atoms with E-state index < -0.39 is 10.0 Å². The lowest BCUT2D eigenvalue weighted by Gasteiger charge is -2.11. The van der Waals surface area contributed by atoms with Crippen LogP contribution in [0.4, 0.5) is 23.0 Å². The summed E-state index contributed by atoms with van der Waals surface area (Å²) in [6.45, 7) is 4.57. The normalized spacial score (nSPS) is 11.1. The molecule has 0 unspecified atom stereocenters. The number of rotatable bonds is 7. The topological polar surface area (TPSA) is 96.0 Å². The molecule has 0 aliphatic rings. The van der Waals surface area contributed by atoms with Crippen LogP contribution in [-0.2, 0) is 10.0 Å². The van der Waals surface area contributed by atoms with Gasteiger partial charge in [-0.2, -0.15) is 0 Å². The molecule has 0 saturated carbocycles. The lowest BCUT2D eigenvalue weighted by Crippen LogP contribution is -2.12. The second-order valence-corrected chi connectivity index (χ2v) is 8.10. The minimum absolute atomic E-state index is 0.106. The van der Waals surface area contributed by atoms with Crippen molar-refractivity contribution < 1.29 is 8.42 Å². The van der Waals surface area contributed by atoms with Crippen molar-refractivity contribution in [2.75, 3.05) is 21.9 Å². The van der Waals surface area contributed by atoms with Crippen LogP contribution in [0, 0.1) is 6.92 Å². The minimum Gasteiger partial charge on any atom is -0.370 e. The van der Waals surface area contributed by atoms with Gasteiger partial charge in [0.1, 0.15) is 17.5 Å². The van der Waals surface area contributed by atoms with Crippen molar-refractivity contribution in [1.82, 2.24) is 9.97 Å². The Morgan fingerprint density at radius 2 is 1.64 bits per heavy atom. The van der Waals surface area contributed by atoms with Gasteiger partial charge in [0.2, 0.25) is 0 Å². The molecule has 28 heavy (non-hydrogen) atoms. The molecule has 7 nitrogen and oxygen atoms in total. The third-order valence-electron chi connectivity index (χ3n) is 3.71. The molecule has 0 amide bonds. The van der Waals surface area contributed by atoms with Gasteiger partial charge in [-0.1, -0.05) is 17.7 Å². The Morgan fingerprint density at radius 3 is 2.32 bits per heavy atom. The maximum Gasteiger partial charge on any atom is 0.261 e. The van der Waals surface area contributed by atoms with Gasteiger partial charge in [-0.05, 0) is 56.3 Å². The van der Waals surface area contributed by atoms with E-state index in [4.69, 9.17) is 11.6 Å². The lowest BCUT2D eigenvalue weighted by molar-refractivity contribution is 0.601. The van der Waals surface area contributed by atoms with Gasteiger partial charge in [-0.25, -0.2) is 18.4 Å². The van der Waals surface area contributed by atoms with Gasteiger partial charge in [0.25, 0.3) is 10.0 Å². The summed E-state index contributed by atoms with van der Waals surface area (Å²) in [6, 6.07) is 14.8. The van der Waals surface area contributed by atoms with Crippen LogP contribution in [0.3, 0.4) is 0 Å². The van der Waals surface area contributed by atoms with Crippen LogP contribution >= 0.6 is 11.6 Å². The molecule has 2 aromatic carbocycles. The Labute approximate surface area is 169 Å². The molecular weight excluding hydrogens is 398 g/mol. The van der Waals surface area contributed by atoms with Crippen molar-refractivity contribution >= 4 is 44.6 Å². The molecule has 1 aromatic heterocycles. The first kappa shape index (κ1) is 19.9. The fourth-order valence-corrected chi connectivity index (χ4v) is 3.88. The first-order valence-corrected chi connectivity index (χ1v) is 10.5. The Bertz CT molecular complexity index is 1070. The number of aryl methyl sites for hydroxylation is 1. The zero-order valence-corrected chi connectivity index (χ0v) is 17.0. The van der Waals surface area contributed by atoms with Gasteiger partial charge in [0.15, 0.2) is 0 Å². The summed E-state index contributed by atoms with van der Waals surface area (Å²) >= 11 is 5.88. The lowest BCUT2D eigenvalue weighted by atomic mass is 10.3. The van der Waals surface area contributed by atoms with E-state index in [0.29, 0.717) is 22.4 Å². The monoisotopic (exact) mass is 417 g/mol. The molecule has 3 aromatic rings. The summed E-state index contributed by atoms with van der Waals surface area (Å²) in [4.78, 5) is 8.77. The SMILES string of the molecule is CCNc1cc(Nc2ccc(NS(=O)(=O)c3cccc(Cl)c3)cc2)nc(C)n1. The van der Waals surface area contributed by atoms with E-state index in [1.807, 2.05) is 19.9 Å². The molecule has 0 fully saturated rings. The summed E-state index contributed by atoms with van der Waals surface area (Å²) < 4.78 is 27.5. The third kappa shape index (κ3) is 5.11. The Morgan fingerprint density at radius 1 is 0.964 bits per heavy atom. The summed E-state index contributed by atoms with van der Waals surface area (Å²) in [6.07, 6.45) is 0. The van der Waals surface area contributed by atoms with Crippen molar-refractivity contribution in [1.29, 1.82) is 0 Å². The second kappa shape index (κ2) is 8.45. The van der Waals surface area contributed by atoms with Crippen LogP contribution in [0.5, 0.6) is 0 Å². The van der Waals surface area contributed by atoms with Crippen LogP contribution in [0.2, 0.25) is 5.02 Å². The highest BCUT2D eigenvalue weighted by atomic mass is 35.5. The van der Waals surface area contributed by atoms with Gasteiger partial charge in [0, 0.05) is 29.0 Å². The average molecular weight is 418 g/mol. The van der Waals surface area contributed by atoms with Crippen LogP contribution < -0.4 is 15.4 Å². The molecule has 0 bridgehead atoms.